The maximum atomic E-state index is 5.17. The molecule has 0 bridgehead atoms. The van der Waals surface area contributed by atoms with Crippen LogP contribution in [-0.2, 0) is 16.7 Å². The molecule has 1 aliphatic heterocycles. The molecule has 0 atom stereocenters. The van der Waals surface area contributed by atoms with Crippen molar-refractivity contribution < 1.29 is 4.74 Å². The van der Waals surface area contributed by atoms with E-state index in [9.17, 15) is 0 Å². The van der Waals surface area contributed by atoms with E-state index >= 15 is 0 Å². The first-order valence-corrected chi connectivity index (χ1v) is 6.18. The van der Waals surface area contributed by atoms with Gasteiger partial charge in [-0.05, 0) is 31.2 Å². The summed E-state index contributed by atoms with van der Waals surface area (Å²) < 4.78 is 9.75. The molecule has 0 spiro atoms. The molecule has 1 fully saturated rings. The molecule has 1 aromatic rings. The van der Waals surface area contributed by atoms with Gasteiger partial charge in [0.05, 0.1) is 25.2 Å². The second-order valence-electron chi connectivity index (χ2n) is 3.75. The van der Waals surface area contributed by atoms with E-state index in [0.29, 0.717) is 0 Å². The first-order valence-electron chi connectivity index (χ1n) is 4.49. The lowest BCUT2D eigenvalue weighted by molar-refractivity contribution is -0.0511. The second-order valence-corrected chi connectivity index (χ2v) is 5.63. The van der Waals surface area contributed by atoms with Crippen LogP contribution in [0.5, 0.6) is 0 Å². The average Bonchev–Trinajstić information content (AvgIpc) is 2.14. The Morgan fingerprint density at radius 1 is 1.36 bits per heavy atom. The third-order valence-electron chi connectivity index (χ3n) is 2.12. The monoisotopic (exact) mass is 274 g/mol. The van der Waals surface area contributed by atoms with Gasteiger partial charge < -0.3 is 4.74 Å². The number of hydrogen-bond donors (Lipinski definition) is 1. The Labute approximate surface area is 96.7 Å². The van der Waals surface area contributed by atoms with E-state index < -0.39 is 0 Å². The predicted octanol–water partition coefficient (Wildman–Crippen LogP) is 1.92. The van der Waals surface area contributed by atoms with E-state index in [4.69, 9.17) is 4.74 Å². The minimum Gasteiger partial charge on any atom is -0.377 e. The van der Waals surface area contributed by atoms with Crippen LogP contribution >= 0.6 is 15.9 Å². The minimum absolute atomic E-state index is 0.175. The third-order valence-corrected chi connectivity index (χ3v) is 3.86. The zero-order valence-electron chi connectivity index (χ0n) is 7.96. The third kappa shape index (κ3) is 2.51. The van der Waals surface area contributed by atoms with Crippen LogP contribution in [0.3, 0.4) is 0 Å². The van der Waals surface area contributed by atoms with Crippen molar-refractivity contribution in [3.8, 4) is 0 Å². The Kier molecular flexibility index (Phi) is 3.17. The zero-order chi connectivity index (χ0) is 10.0. The second kappa shape index (κ2) is 4.23. The highest BCUT2D eigenvalue weighted by atomic mass is 79.9. The molecule has 14 heavy (non-hydrogen) atoms. The molecule has 76 valence electrons. The summed E-state index contributed by atoms with van der Waals surface area (Å²) in [5.41, 5.74) is 0.175. The molecule has 0 radical (unpaired) electrons. The largest absolute Gasteiger partial charge is 0.377 e. The summed E-state index contributed by atoms with van der Waals surface area (Å²) >= 11 is 4.58. The van der Waals surface area contributed by atoms with Crippen molar-refractivity contribution in [3.05, 3.63) is 28.7 Å². The molecule has 1 N–H and O–H groups in total. The van der Waals surface area contributed by atoms with Gasteiger partial charge in [-0.2, -0.15) is 0 Å². The van der Waals surface area contributed by atoms with Gasteiger partial charge >= 0.3 is 0 Å². The molecule has 0 amide bonds. The molecule has 2 nitrogen and oxygen atoms in total. The van der Waals surface area contributed by atoms with Crippen molar-refractivity contribution in [2.45, 2.75) is 17.4 Å². The highest BCUT2D eigenvalue weighted by Crippen LogP contribution is 2.17. The molecule has 2 rings (SSSR count). The fraction of sp³-hybridized carbons (Fsp3) is 0.400. The Hall–Kier alpha value is -0.0300. The van der Waals surface area contributed by atoms with Crippen molar-refractivity contribution in [1.82, 2.24) is 4.72 Å². The molecule has 4 heteroatoms. The van der Waals surface area contributed by atoms with Crippen molar-refractivity contribution in [1.29, 1.82) is 0 Å². The minimum atomic E-state index is 0.175. The quantitative estimate of drug-likeness (QED) is 0.672. The van der Waals surface area contributed by atoms with Crippen molar-refractivity contribution in [2.75, 3.05) is 13.2 Å². The van der Waals surface area contributed by atoms with Gasteiger partial charge in [-0.1, -0.05) is 15.9 Å². The van der Waals surface area contributed by atoms with Crippen molar-refractivity contribution in [2.24, 2.45) is 0 Å². The van der Waals surface area contributed by atoms with Crippen LogP contribution in [0.2, 0.25) is 0 Å². The number of hydrogen-bond acceptors (Lipinski definition) is 2. The molecule has 0 saturated carbocycles. The van der Waals surface area contributed by atoms with Crippen LogP contribution in [0.15, 0.2) is 33.6 Å². The summed E-state index contributed by atoms with van der Waals surface area (Å²) in [4.78, 5) is 1.28. The number of nitrogens with one attached hydrogen (secondary N) is 1. The number of halogens is 1. The number of benzene rings is 1. The van der Waals surface area contributed by atoms with Gasteiger partial charge in [0.25, 0.3) is 0 Å². The fourth-order valence-corrected chi connectivity index (χ4v) is 2.28. The lowest BCUT2D eigenvalue weighted by Crippen LogP contribution is -2.57. The molecule has 0 unspecified atom stereocenters. The van der Waals surface area contributed by atoms with Crippen LogP contribution in [0.25, 0.3) is 0 Å². The van der Waals surface area contributed by atoms with E-state index in [0.717, 1.165) is 29.6 Å². The van der Waals surface area contributed by atoms with Crippen LogP contribution in [-0.4, -0.2) is 18.8 Å². The number of ether oxygens (including phenoxy) is 1. The van der Waals surface area contributed by atoms with E-state index in [1.807, 2.05) is 0 Å². The van der Waals surface area contributed by atoms with Gasteiger partial charge in [-0.3, -0.25) is 0 Å². The smallest absolute Gasteiger partial charge is 0.173 e. The summed E-state index contributed by atoms with van der Waals surface area (Å²) in [5.74, 6) is 0. The van der Waals surface area contributed by atoms with E-state index in [2.05, 4.69) is 51.8 Å². The highest BCUT2D eigenvalue weighted by molar-refractivity contribution is 9.10. The molecule has 1 aliphatic rings. The Bertz CT molecular complexity index is 310. The molecule has 1 heterocycles. The van der Waals surface area contributed by atoms with Gasteiger partial charge in [0.1, 0.15) is 5.54 Å². The lowest BCUT2D eigenvalue weighted by Gasteiger charge is -2.34. The summed E-state index contributed by atoms with van der Waals surface area (Å²) in [5, 5.41) is 0. The van der Waals surface area contributed by atoms with Crippen molar-refractivity contribution in [3.63, 3.8) is 0 Å². The summed E-state index contributed by atoms with van der Waals surface area (Å²) in [6.07, 6.45) is 0. The van der Waals surface area contributed by atoms with E-state index in [1.165, 1.54) is 4.90 Å². The van der Waals surface area contributed by atoms with Crippen LogP contribution in [0.4, 0.5) is 0 Å². The van der Waals surface area contributed by atoms with Gasteiger partial charge in [-0.15, -0.1) is 4.72 Å². The molecule has 1 saturated heterocycles. The fourth-order valence-electron chi connectivity index (χ4n) is 1.19. The van der Waals surface area contributed by atoms with Gasteiger partial charge in [-0.25, -0.2) is 0 Å². The van der Waals surface area contributed by atoms with Crippen LogP contribution < -0.4 is 4.72 Å². The van der Waals surface area contributed by atoms with Crippen LogP contribution in [0, 0.1) is 0 Å². The summed E-state index contributed by atoms with van der Waals surface area (Å²) in [6.45, 7) is 3.81. The maximum Gasteiger partial charge on any atom is 0.173 e. The van der Waals surface area contributed by atoms with Gasteiger partial charge in [0, 0.05) is 4.47 Å². The Morgan fingerprint density at radius 2 is 2.00 bits per heavy atom. The predicted molar refractivity (Wildman–Crippen MR) is 63.5 cm³/mol. The lowest BCUT2D eigenvalue weighted by atomic mass is 10.0. The molecule has 1 aromatic carbocycles. The van der Waals surface area contributed by atoms with Gasteiger partial charge in [0.15, 0.2) is 4.90 Å². The molecular weight excluding hydrogens is 262 g/mol. The first-order chi connectivity index (χ1) is 6.68. The maximum absolute atomic E-state index is 5.17. The zero-order valence-corrected chi connectivity index (χ0v) is 10.4. The normalized spacial score (nSPS) is 19.0. The van der Waals surface area contributed by atoms with Crippen molar-refractivity contribution >= 4 is 27.9 Å². The first kappa shape index (κ1) is 10.5. The van der Waals surface area contributed by atoms with Gasteiger partial charge in [0.2, 0.25) is 0 Å². The summed E-state index contributed by atoms with van der Waals surface area (Å²) in [7, 11) is 0. The SMILES string of the molecule is CC1(N[SH+]c2ccc(Br)cc2)COC1. The number of thiol groups is 1. The Balaban J connectivity index is 1.88. The van der Waals surface area contributed by atoms with E-state index in [1.54, 1.807) is 0 Å². The molecular formula is C10H13BrNOS+. The molecule has 0 aliphatic carbocycles. The van der Waals surface area contributed by atoms with E-state index in [-0.39, 0.29) is 5.54 Å². The average molecular weight is 275 g/mol. The Morgan fingerprint density at radius 3 is 2.50 bits per heavy atom. The molecule has 0 aromatic heterocycles. The topological polar surface area (TPSA) is 21.3 Å². The number of rotatable bonds is 3. The summed E-state index contributed by atoms with van der Waals surface area (Å²) in [6, 6.07) is 8.34. The van der Waals surface area contributed by atoms with Crippen LogP contribution in [0.1, 0.15) is 6.92 Å². The standard InChI is InChI=1S/C10H12BrNOS/c1-10(6-13-7-10)12-14-9-4-2-8(11)3-5-9/h2-5,12H,6-7H2,1H3/p+1. The highest BCUT2D eigenvalue weighted by Gasteiger charge is 2.36.